The Balaban J connectivity index is 1.75. The van der Waals surface area contributed by atoms with Crippen LogP contribution in [-0.2, 0) is 6.54 Å². The highest BCUT2D eigenvalue weighted by Gasteiger charge is 2.20. The molecule has 0 radical (unpaired) electrons. The number of rotatable bonds is 2. The van der Waals surface area contributed by atoms with E-state index in [1.807, 2.05) is 0 Å². The summed E-state index contributed by atoms with van der Waals surface area (Å²) in [5, 5.41) is 16.4. The summed E-state index contributed by atoms with van der Waals surface area (Å²) in [7, 11) is 0. The van der Waals surface area contributed by atoms with Crippen molar-refractivity contribution in [2.75, 3.05) is 6.54 Å². The van der Waals surface area contributed by atoms with Gasteiger partial charge in [-0.3, -0.25) is 9.48 Å². The Morgan fingerprint density at radius 3 is 2.88 bits per heavy atom. The Morgan fingerprint density at radius 1 is 1.21 bits per heavy atom. The Morgan fingerprint density at radius 2 is 2.08 bits per heavy atom. The standard InChI is InChI=1S/C16H12FN5O2/c17-10-7-9(1-2-14(10)23)15-18-4-3-11(20-15)12-8-13-16(24)19-5-6-22(13)21-12/h1-4,7-8,23H,5-6H2,(H,19,24). The fourth-order valence-corrected chi connectivity index (χ4v) is 2.55. The fraction of sp³-hybridized carbons (Fsp3) is 0.125. The van der Waals surface area contributed by atoms with E-state index in [9.17, 15) is 14.3 Å². The van der Waals surface area contributed by atoms with Crippen molar-refractivity contribution < 1.29 is 14.3 Å². The van der Waals surface area contributed by atoms with Gasteiger partial charge >= 0.3 is 0 Å². The number of phenolic OH excluding ortho intramolecular Hbond substituents is 1. The van der Waals surface area contributed by atoms with Crippen molar-refractivity contribution in [3.05, 3.63) is 48.0 Å². The minimum Gasteiger partial charge on any atom is -0.505 e. The second-order valence-electron chi connectivity index (χ2n) is 5.33. The van der Waals surface area contributed by atoms with Gasteiger partial charge in [0.1, 0.15) is 11.4 Å². The van der Waals surface area contributed by atoms with E-state index in [1.54, 1.807) is 23.0 Å². The van der Waals surface area contributed by atoms with E-state index in [2.05, 4.69) is 20.4 Å². The van der Waals surface area contributed by atoms with Crippen LogP contribution in [0, 0.1) is 5.82 Å². The lowest BCUT2D eigenvalue weighted by atomic mass is 10.2. The average molecular weight is 325 g/mol. The summed E-state index contributed by atoms with van der Waals surface area (Å²) >= 11 is 0. The number of phenols is 1. The van der Waals surface area contributed by atoms with Crippen molar-refractivity contribution in [3.63, 3.8) is 0 Å². The van der Waals surface area contributed by atoms with Crippen molar-refractivity contribution >= 4 is 5.91 Å². The second kappa shape index (κ2) is 5.41. The first-order valence-corrected chi connectivity index (χ1v) is 7.30. The zero-order valence-corrected chi connectivity index (χ0v) is 12.4. The highest BCUT2D eigenvalue weighted by molar-refractivity contribution is 5.94. The summed E-state index contributed by atoms with van der Waals surface area (Å²) < 4.78 is 15.2. The van der Waals surface area contributed by atoms with Crippen LogP contribution in [0.15, 0.2) is 36.5 Å². The Labute approximate surface area is 135 Å². The Kier molecular flexibility index (Phi) is 3.23. The molecule has 120 valence electrons. The molecule has 7 nitrogen and oxygen atoms in total. The van der Waals surface area contributed by atoms with Crippen LogP contribution in [0.4, 0.5) is 4.39 Å². The van der Waals surface area contributed by atoms with E-state index >= 15 is 0 Å². The maximum absolute atomic E-state index is 13.5. The second-order valence-corrected chi connectivity index (χ2v) is 5.33. The molecule has 0 saturated heterocycles. The lowest BCUT2D eigenvalue weighted by Gasteiger charge is -2.13. The molecule has 3 aromatic rings. The predicted molar refractivity (Wildman–Crippen MR) is 82.6 cm³/mol. The molecule has 1 aromatic carbocycles. The highest BCUT2D eigenvalue weighted by atomic mass is 19.1. The van der Waals surface area contributed by atoms with E-state index in [4.69, 9.17) is 0 Å². The van der Waals surface area contributed by atoms with Gasteiger partial charge in [-0.2, -0.15) is 5.10 Å². The average Bonchev–Trinajstić information content (AvgIpc) is 3.03. The minimum absolute atomic E-state index is 0.171. The summed E-state index contributed by atoms with van der Waals surface area (Å²) in [5.74, 6) is -1.03. The lowest BCUT2D eigenvalue weighted by molar-refractivity contribution is 0.0924. The molecule has 3 heterocycles. The van der Waals surface area contributed by atoms with E-state index in [0.717, 1.165) is 0 Å². The van der Waals surface area contributed by atoms with Crippen LogP contribution >= 0.6 is 0 Å². The van der Waals surface area contributed by atoms with Crippen molar-refractivity contribution in [1.82, 2.24) is 25.1 Å². The zero-order chi connectivity index (χ0) is 16.7. The quantitative estimate of drug-likeness (QED) is 0.746. The van der Waals surface area contributed by atoms with Crippen LogP contribution in [0.5, 0.6) is 5.75 Å². The molecule has 0 aliphatic carbocycles. The van der Waals surface area contributed by atoms with E-state index < -0.39 is 11.6 Å². The van der Waals surface area contributed by atoms with Gasteiger partial charge in [0, 0.05) is 18.3 Å². The van der Waals surface area contributed by atoms with Crippen molar-refractivity contribution in [2.45, 2.75) is 6.54 Å². The van der Waals surface area contributed by atoms with Gasteiger partial charge in [-0.15, -0.1) is 0 Å². The smallest absolute Gasteiger partial charge is 0.269 e. The molecule has 24 heavy (non-hydrogen) atoms. The molecule has 0 unspecified atom stereocenters. The number of fused-ring (bicyclic) bond motifs is 1. The largest absolute Gasteiger partial charge is 0.505 e. The number of aromatic nitrogens is 4. The van der Waals surface area contributed by atoms with Gasteiger partial charge in [0.15, 0.2) is 17.4 Å². The van der Waals surface area contributed by atoms with E-state index in [0.29, 0.717) is 41.6 Å². The third-order valence-corrected chi connectivity index (χ3v) is 3.75. The number of halogens is 1. The molecule has 1 aliphatic rings. The summed E-state index contributed by atoms with van der Waals surface area (Å²) in [6.45, 7) is 1.14. The molecule has 2 aromatic heterocycles. The molecule has 8 heteroatoms. The van der Waals surface area contributed by atoms with Gasteiger partial charge in [0.05, 0.1) is 12.2 Å². The molecule has 0 bridgehead atoms. The number of carbonyl (C=O) groups excluding carboxylic acids is 1. The first-order chi connectivity index (χ1) is 11.6. The highest BCUT2D eigenvalue weighted by Crippen LogP contribution is 2.24. The summed E-state index contributed by atoms with van der Waals surface area (Å²) in [6, 6.07) is 7.29. The molecule has 2 N–H and O–H groups in total. The molecule has 1 amide bonds. The van der Waals surface area contributed by atoms with Crippen molar-refractivity contribution in [2.24, 2.45) is 0 Å². The van der Waals surface area contributed by atoms with Crippen LogP contribution in [0.25, 0.3) is 22.8 Å². The fourth-order valence-electron chi connectivity index (χ4n) is 2.55. The van der Waals surface area contributed by atoms with Crippen LogP contribution < -0.4 is 5.32 Å². The van der Waals surface area contributed by atoms with Crippen molar-refractivity contribution in [1.29, 1.82) is 0 Å². The summed E-state index contributed by atoms with van der Waals surface area (Å²) in [4.78, 5) is 20.3. The monoisotopic (exact) mass is 325 g/mol. The van der Waals surface area contributed by atoms with E-state index in [1.165, 1.54) is 18.2 Å². The first kappa shape index (κ1) is 14.3. The number of amides is 1. The third-order valence-electron chi connectivity index (χ3n) is 3.75. The number of aromatic hydroxyl groups is 1. The SMILES string of the molecule is O=C1NCCn2nc(-c3ccnc(-c4ccc(O)c(F)c4)n3)cc21. The number of hydrogen-bond donors (Lipinski definition) is 2. The van der Waals surface area contributed by atoms with Gasteiger partial charge in [-0.05, 0) is 30.3 Å². The van der Waals surface area contributed by atoms with Crippen LogP contribution in [-0.4, -0.2) is 37.3 Å². The van der Waals surface area contributed by atoms with Gasteiger partial charge in [0.2, 0.25) is 0 Å². The molecule has 4 rings (SSSR count). The third kappa shape index (κ3) is 2.37. The number of benzene rings is 1. The van der Waals surface area contributed by atoms with Crippen LogP contribution in [0.3, 0.4) is 0 Å². The molecular formula is C16H12FN5O2. The normalized spacial score (nSPS) is 13.5. The zero-order valence-electron chi connectivity index (χ0n) is 12.4. The first-order valence-electron chi connectivity index (χ1n) is 7.30. The predicted octanol–water partition coefficient (Wildman–Crippen LogP) is 1.60. The number of hydrogen-bond acceptors (Lipinski definition) is 5. The summed E-state index contributed by atoms with van der Waals surface area (Å²) in [6.07, 6.45) is 1.54. The van der Waals surface area contributed by atoms with Gasteiger partial charge in [-0.25, -0.2) is 14.4 Å². The van der Waals surface area contributed by atoms with Gasteiger partial charge < -0.3 is 10.4 Å². The minimum atomic E-state index is -0.740. The van der Waals surface area contributed by atoms with Gasteiger partial charge in [-0.1, -0.05) is 0 Å². The van der Waals surface area contributed by atoms with Crippen LogP contribution in [0.2, 0.25) is 0 Å². The Bertz CT molecular complexity index is 953. The summed E-state index contributed by atoms with van der Waals surface area (Å²) in [5.41, 5.74) is 1.99. The molecule has 0 spiro atoms. The maximum atomic E-state index is 13.5. The number of nitrogens with zero attached hydrogens (tertiary/aromatic N) is 4. The van der Waals surface area contributed by atoms with E-state index in [-0.39, 0.29) is 5.91 Å². The van der Waals surface area contributed by atoms with Crippen molar-refractivity contribution in [3.8, 4) is 28.5 Å². The molecular weight excluding hydrogens is 313 g/mol. The van der Waals surface area contributed by atoms with Gasteiger partial charge in [0.25, 0.3) is 5.91 Å². The lowest BCUT2D eigenvalue weighted by Crippen LogP contribution is -2.35. The molecule has 0 fully saturated rings. The number of nitrogens with one attached hydrogen (secondary N) is 1. The molecule has 0 saturated carbocycles. The molecule has 0 atom stereocenters. The number of carbonyl (C=O) groups is 1. The topological polar surface area (TPSA) is 92.9 Å². The molecule has 1 aliphatic heterocycles. The van der Waals surface area contributed by atoms with Crippen LogP contribution in [0.1, 0.15) is 10.5 Å². The maximum Gasteiger partial charge on any atom is 0.269 e. The Hall–Kier alpha value is -3.29.